The number of hydrogen-bond acceptors (Lipinski definition) is 4. The van der Waals surface area contributed by atoms with Gasteiger partial charge in [-0.25, -0.2) is 8.37 Å². The lowest BCUT2D eigenvalue weighted by Crippen LogP contribution is -2.30. The van der Waals surface area contributed by atoms with Crippen LogP contribution in [0.25, 0.3) is 0 Å². The summed E-state index contributed by atoms with van der Waals surface area (Å²) in [7, 11) is 0. The minimum absolute atomic E-state index is 1.26. The zero-order chi connectivity index (χ0) is 4.57. The van der Waals surface area contributed by atoms with Crippen LogP contribution in [-0.2, 0) is 19.7 Å². The zero-order valence-corrected chi connectivity index (χ0v) is 3.47. The van der Waals surface area contributed by atoms with Gasteiger partial charge in [-0.15, -0.1) is 0 Å². The van der Waals surface area contributed by atoms with Crippen LogP contribution in [0.2, 0.25) is 0 Å². The van der Waals surface area contributed by atoms with Gasteiger partial charge in [-0.1, -0.05) is 0 Å². The van der Waals surface area contributed by atoms with Crippen molar-refractivity contribution in [3.8, 4) is 0 Å². The molecular formula is CH2O4S. The Kier molecular flexibility index (Phi) is 0.886. The van der Waals surface area contributed by atoms with Crippen molar-refractivity contribution in [3.05, 3.63) is 0 Å². The molecule has 0 atom stereocenters. The minimum atomic E-state index is -1.67. The van der Waals surface area contributed by atoms with E-state index in [1.165, 1.54) is 0 Å². The Bertz CT molecular complexity index is 71.6. The number of aliphatic hydroxyl groups excluding tert-OH is 1. The summed E-state index contributed by atoms with van der Waals surface area (Å²) in [5, 5.41) is 7.98. The summed E-state index contributed by atoms with van der Waals surface area (Å²) in [6.07, 6.45) is 0. The molecule has 0 aromatic carbocycles. The van der Waals surface area contributed by atoms with Crippen molar-refractivity contribution in [2.75, 3.05) is 0 Å². The second kappa shape index (κ2) is 1.27. The van der Waals surface area contributed by atoms with Crippen LogP contribution >= 0.6 is 0 Å². The Balaban J connectivity index is 2.28. The van der Waals surface area contributed by atoms with Gasteiger partial charge in [-0.3, -0.25) is 0 Å². The monoisotopic (exact) mass is 110 g/mol. The molecule has 1 fully saturated rings. The van der Waals surface area contributed by atoms with Crippen LogP contribution in [0, 0.1) is 0 Å². The Morgan fingerprint density at radius 2 is 2.17 bits per heavy atom. The van der Waals surface area contributed by atoms with Gasteiger partial charge in [0.1, 0.15) is 0 Å². The molecule has 0 spiro atoms. The van der Waals surface area contributed by atoms with Crippen LogP contribution in [0.3, 0.4) is 0 Å². The molecule has 6 heavy (non-hydrogen) atoms. The normalized spacial score (nSPS) is 44.8. The molecule has 1 heterocycles. The summed E-state index contributed by atoms with van der Waals surface area (Å²) in [6.45, 7) is -1.26. The SMILES string of the molecule is O=S1OC(O)O1. The molecule has 1 N–H and O–H groups in total. The van der Waals surface area contributed by atoms with E-state index in [0.29, 0.717) is 0 Å². The standard InChI is InChI=1S/CH2O4S/c2-1-4-6(3)5-1/h1-2H. The molecule has 0 amide bonds. The number of aliphatic hydroxyl groups is 1. The molecule has 4 nitrogen and oxygen atoms in total. The molecule has 0 radical (unpaired) electrons. The van der Waals surface area contributed by atoms with Crippen LogP contribution in [0.5, 0.6) is 0 Å². The fourth-order valence-electron chi connectivity index (χ4n) is 0.142. The van der Waals surface area contributed by atoms with Crippen molar-refractivity contribution >= 4 is 11.4 Å². The van der Waals surface area contributed by atoms with Crippen LogP contribution < -0.4 is 0 Å². The van der Waals surface area contributed by atoms with Crippen LogP contribution in [-0.4, -0.2) is 15.8 Å². The Morgan fingerprint density at radius 3 is 2.17 bits per heavy atom. The van der Waals surface area contributed by atoms with Crippen molar-refractivity contribution in [3.63, 3.8) is 0 Å². The smallest absolute Gasteiger partial charge is 0.313 e. The zero-order valence-electron chi connectivity index (χ0n) is 2.66. The predicted molar refractivity (Wildman–Crippen MR) is 16.3 cm³/mol. The molecule has 1 rings (SSSR count). The molecule has 1 aliphatic heterocycles. The third kappa shape index (κ3) is 0.574. The van der Waals surface area contributed by atoms with E-state index < -0.39 is 17.8 Å². The Hall–Kier alpha value is 0.0300. The van der Waals surface area contributed by atoms with Crippen molar-refractivity contribution in [2.24, 2.45) is 0 Å². The average Bonchev–Trinajstić information content (AvgIpc) is 1.33. The maximum absolute atomic E-state index is 9.62. The van der Waals surface area contributed by atoms with Gasteiger partial charge in [0.25, 0.3) is 6.48 Å². The Morgan fingerprint density at radius 1 is 1.67 bits per heavy atom. The van der Waals surface area contributed by atoms with Crippen molar-refractivity contribution in [2.45, 2.75) is 6.48 Å². The number of rotatable bonds is 0. The second-order valence-corrected chi connectivity index (χ2v) is 1.50. The molecular weight excluding hydrogens is 108 g/mol. The van der Waals surface area contributed by atoms with Gasteiger partial charge in [-0.2, -0.15) is 4.21 Å². The molecule has 0 saturated carbocycles. The molecule has 0 aromatic rings. The molecule has 1 saturated heterocycles. The van der Waals surface area contributed by atoms with Gasteiger partial charge in [0.2, 0.25) is 0 Å². The molecule has 0 unspecified atom stereocenters. The maximum atomic E-state index is 9.62. The summed E-state index contributed by atoms with van der Waals surface area (Å²) in [4.78, 5) is 0. The lowest BCUT2D eigenvalue weighted by Gasteiger charge is -2.16. The van der Waals surface area contributed by atoms with Crippen molar-refractivity contribution in [1.29, 1.82) is 0 Å². The first-order chi connectivity index (χ1) is 2.79. The first-order valence-corrected chi connectivity index (χ1v) is 2.23. The summed E-state index contributed by atoms with van der Waals surface area (Å²) in [6, 6.07) is 0. The van der Waals surface area contributed by atoms with E-state index in [1.807, 2.05) is 0 Å². The van der Waals surface area contributed by atoms with Gasteiger partial charge in [0.05, 0.1) is 0 Å². The lowest BCUT2D eigenvalue weighted by atomic mass is 11.4. The second-order valence-electron chi connectivity index (χ2n) is 0.704. The summed E-state index contributed by atoms with van der Waals surface area (Å²) >= 11 is -1.67. The van der Waals surface area contributed by atoms with Gasteiger partial charge in [0.15, 0.2) is 0 Å². The molecule has 0 bridgehead atoms. The van der Waals surface area contributed by atoms with Crippen molar-refractivity contribution < 1.29 is 17.7 Å². The first kappa shape index (κ1) is 4.20. The summed E-state index contributed by atoms with van der Waals surface area (Å²) in [5.74, 6) is 0. The Labute approximate surface area is 36.5 Å². The highest BCUT2D eigenvalue weighted by molar-refractivity contribution is 7.76. The largest absolute Gasteiger partial charge is 0.344 e. The van der Waals surface area contributed by atoms with Crippen LogP contribution in [0.15, 0.2) is 0 Å². The highest BCUT2D eigenvalue weighted by Crippen LogP contribution is 2.08. The molecule has 1 aliphatic rings. The minimum Gasteiger partial charge on any atom is -0.344 e. The van der Waals surface area contributed by atoms with Gasteiger partial charge in [0, 0.05) is 0 Å². The maximum Gasteiger partial charge on any atom is 0.313 e. The van der Waals surface area contributed by atoms with Gasteiger partial charge in [-0.05, 0) is 0 Å². The number of hydrogen-bond donors (Lipinski definition) is 1. The molecule has 36 valence electrons. The van der Waals surface area contributed by atoms with Gasteiger partial charge < -0.3 is 5.11 Å². The van der Waals surface area contributed by atoms with E-state index in [9.17, 15) is 4.21 Å². The topological polar surface area (TPSA) is 55.8 Å². The van der Waals surface area contributed by atoms with E-state index in [0.717, 1.165) is 0 Å². The van der Waals surface area contributed by atoms with Crippen LogP contribution in [0.1, 0.15) is 0 Å². The van der Waals surface area contributed by atoms with Crippen molar-refractivity contribution in [1.82, 2.24) is 0 Å². The van der Waals surface area contributed by atoms with E-state index in [2.05, 4.69) is 8.37 Å². The van der Waals surface area contributed by atoms with E-state index >= 15 is 0 Å². The third-order valence-corrected chi connectivity index (χ3v) is 0.965. The highest BCUT2D eigenvalue weighted by Gasteiger charge is 2.24. The third-order valence-electron chi connectivity index (χ3n) is 0.322. The molecule has 5 heteroatoms. The van der Waals surface area contributed by atoms with E-state index in [4.69, 9.17) is 5.11 Å². The van der Waals surface area contributed by atoms with E-state index in [1.54, 1.807) is 0 Å². The lowest BCUT2D eigenvalue weighted by molar-refractivity contribution is -0.209. The van der Waals surface area contributed by atoms with E-state index in [-0.39, 0.29) is 0 Å². The van der Waals surface area contributed by atoms with Gasteiger partial charge >= 0.3 is 11.4 Å². The summed E-state index contributed by atoms with van der Waals surface area (Å²) in [5.41, 5.74) is 0. The average molecular weight is 110 g/mol. The summed E-state index contributed by atoms with van der Waals surface area (Å²) < 4.78 is 17.5. The van der Waals surface area contributed by atoms with Crippen LogP contribution in [0.4, 0.5) is 0 Å². The molecule has 0 aliphatic carbocycles. The molecule has 0 aromatic heterocycles. The highest BCUT2D eigenvalue weighted by atomic mass is 32.2. The quantitative estimate of drug-likeness (QED) is 0.429. The fourth-order valence-corrected chi connectivity index (χ4v) is 0.425. The predicted octanol–water partition coefficient (Wildman–Crippen LogP) is -1.11. The first-order valence-electron chi connectivity index (χ1n) is 1.23. The fraction of sp³-hybridized carbons (Fsp3) is 1.00.